The molecular weight excluding hydrogens is 240 g/mol. The average Bonchev–Trinajstić information content (AvgIpc) is 2.77. The number of ether oxygens (including phenoxy) is 1. The maximum absolute atomic E-state index is 11.4. The molecule has 0 aliphatic heterocycles. The first kappa shape index (κ1) is 13.3. The van der Waals surface area contributed by atoms with E-state index in [1.807, 2.05) is 30.3 Å². The molecular formula is C12H13ClN2O2. The minimum absolute atomic E-state index is 0. The molecule has 1 aromatic carbocycles. The molecule has 0 radical (unpaired) electrons. The smallest absolute Gasteiger partial charge is 0.356 e. The Balaban J connectivity index is 0.00000144. The summed E-state index contributed by atoms with van der Waals surface area (Å²) in [5, 5.41) is 0. The van der Waals surface area contributed by atoms with E-state index in [2.05, 4.69) is 9.72 Å². The zero-order valence-corrected chi connectivity index (χ0v) is 10.2. The Morgan fingerprint density at radius 3 is 2.71 bits per heavy atom. The molecule has 0 unspecified atom stereocenters. The van der Waals surface area contributed by atoms with E-state index in [0.29, 0.717) is 12.2 Å². The fraction of sp³-hybridized carbons (Fsp3) is 0.167. The molecule has 0 N–H and O–H groups in total. The highest BCUT2D eigenvalue weighted by atomic mass is 35.5. The SMILES string of the molecule is COC(=O)c1cncn1Cc1ccccc1.Cl. The van der Waals surface area contributed by atoms with Crippen molar-refractivity contribution in [1.82, 2.24) is 9.55 Å². The number of benzene rings is 1. The minimum Gasteiger partial charge on any atom is -0.464 e. The van der Waals surface area contributed by atoms with Gasteiger partial charge in [0.1, 0.15) is 5.69 Å². The quantitative estimate of drug-likeness (QED) is 0.786. The van der Waals surface area contributed by atoms with Crippen LogP contribution in [0.5, 0.6) is 0 Å². The summed E-state index contributed by atoms with van der Waals surface area (Å²) in [7, 11) is 1.36. The van der Waals surface area contributed by atoms with E-state index in [9.17, 15) is 4.79 Å². The third kappa shape index (κ3) is 3.07. The van der Waals surface area contributed by atoms with E-state index in [-0.39, 0.29) is 18.4 Å². The molecule has 0 fully saturated rings. The number of halogens is 1. The molecule has 0 saturated carbocycles. The van der Waals surface area contributed by atoms with E-state index in [0.717, 1.165) is 5.56 Å². The Morgan fingerprint density at radius 1 is 1.35 bits per heavy atom. The first-order valence-corrected chi connectivity index (χ1v) is 4.93. The third-order valence-electron chi connectivity index (χ3n) is 2.30. The Labute approximate surface area is 106 Å². The normalized spacial score (nSPS) is 9.47. The van der Waals surface area contributed by atoms with E-state index in [1.54, 1.807) is 10.9 Å². The third-order valence-corrected chi connectivity index (χ3v) is 2.30. The van der Waals surface area contributed by atoms with Gasteiger partial charge in [-0.25, -0.2) is 9.78 Å². The van der Waals surface area contributed by atoms with Gasteiger partial charge in [0.15, 0.2) is 0 Å². The predicted octanol–water partition coefficient (Wildman–Crippen LogP) is 2.14. The fourth-order valence-electron chi connectivity index (χ4n) is 1.50. The van der Waals surface area contributed by atoms with Crippen LogP contribution in [-0.2, 0) is 11.3 Å². The number of aromatic nitrogens is 2. The van der Waals surface area contributed by atoms with Gasteiger partial charge in [-0.2, -0.15) is 0 Å². The molecule has 5 heteroatoms. The van der Waals surface area contributed by atoms with Crippen molar-refractivity contribution in [1.29, 1.82) is 0 Å². The van der Waals surface area contributed by atoms with Gasteiger partial charge < -0.3 is 9.30 Å². The number of imidazole rings is 1. The van der Waals surface area contributed by atoms with Crippen LogP contribution in [0.2, 0.25) is 0 Å². The van der Waals surface area contributed by atoms with E-state index >= 15 is 0 Å². The second kappa shape index (κ2) is 6.06. The Morgan fingerprint density at radius 2 is 2.06 bits per heavy atom. The summed E-state index contributed by atoms with van der Waals surface area (Å²) < 4.78 is 6.44. The van der Waals surface area contributed by atoms with E-state index in [4.69, 9.17) is 0 Å². The number of carbonyl (C=O) groups excluding carboxylic acids is 1. The van der Waals surface area contributed by atoms with Crippen LogP contribution in [-0.4, -0.2) is 22.6 Å². The van der Waals surface area contributed by atoms with Crippen LogP contribution in [0.25, 0.3) is 0 Å². The molecule has 4 nitrogen and oxygen atoms in total. The number of methoxy groups -OCH3 is 1. The summed E-state index contributed by atoms with van der Waals surface area (Å²) in [5.74, 6) is -0.367. The Kier molecular flexibility index (Phi) is 4.72. The zero-order chi connectivity index (χ0) is 11.4. The molecule has 0 amide bonds. The summed E-state index contributed by atoms with van der Waals surface area (Å²) in [6.07, 6.45) is 3.13. The van der Waals surface area contributed by atoms with Gasteiger partial charge in [0.05, 0.1) is 19.6 Å². The van der Waals surface area contributed by atoms with Gasteiger partial charge in [-0.05, 0) is 5.56 Å². The first-order valence-electron chi connectivity index (χ1n) is 4.93. The molecule has 90 valence electrons. The lowest BCUT2D eigenvalue weighted by Crippen LogP contribution is -2.10. The van der Waals surface area contributed by atoms with Crippen molar-refractivity contribution in [3.63, 3.8) is 0 Å². The van der Waals surface area contributed by atoms with Crippen LogP contribution < -0.4 is 0 Å². The maximum Gasteiger partial charge on any atom is 0.356 e. The summed E-state index contributed by atoms with van der Waals surface area (Å²) in [6, 6.07) is 9.88. The molecule has 1 heterocycles. The summed E-state index contributed by atoms with van der Waals surface area (Å²) in [6.45, 7) is 0.616. The molecule has 0 atom stereocenters. The predicted molar refractivity (Wildman–Crippen MR) is 66.4 cm³/mol. The van der Waals surface area contributed by atoms with Crippen LogP contribution in [0.3, 0.4) is 0 Å². The minimum atomic E-state index is -0.367. The highest BCUT2D eigenvalue weighted by Gasteiger charge is 2.11. The lowest BCUT2D eigenvalue weighted by Gasteiger charge is -2.06. The number of rotatable bonds is 3. The number of hydrogen-bond donors (Lipinski definition) is 0. The van der Waals surface area contributed by atoms with Gasteiger partial charge >= 0.3 is 5.97 Å². The van der Waals surface area contributed by atoms with Crippen molar-refractivity contribution < 1.29 is 9.53 Å². The van der Waals surface area contributed by atoms with Crippen molar-refractivity contribution >= 4 is 18.4 Å². The monoisotopic (exact) mass is 252 g/mol. The van der Waals surface area contributed by atoms with Crippen LogP contribution in [0.15, 0.2) is 42.9 Å². The molecule has 1 aromatic heterocycles. The van der Waals surface area contributed by atoms with Crippen molar-refractivity contribution in [2.75, 3.05) is 7.11 Å². The van der Waals surface area contributed by atoms with Gasteiger partial charge in [0.2, 0.25) is 0 Å². The molecule has 0 saturated heterocycles. The second-order valence-corrected chi connectivity index (χ2v) is 3.38. The zero-order valence-electron chi connectivity index (χ0n) is 9.37. The molecule has 0 spiro atoms. The van der Waals surface area contributed by atoms with Crippen LogP contribution >= 0.6 is 12.4 Å². The van der Waals surface area contributed by atoms with Gasteiger partial charge in [0.25, 0.3) is 0 Å². The number of carbonyl (C=O) groups is 1. The van der Waals surface area contributed by atoms with Crippen LogP contribution in [0.1, 0.15) is 16.1 Å². The standard InChI is InChI=1S/C12H12N2O2.ClH/c1-16-12(15)11-7-13-9-14(11)8-10-5-3-2-4-6-10;/h2-7,9H,8H2,1H3;1H. The second-order valence-electron chi connectivity index (χ2n) is 3.38. The number of esters is 1. The molecule has 0 aliphatic rings. The highest BCUT2D eigenvalue weighted by Crippen LogP contribution is 2.06. The highest BCUT2D eigenvalue weighted by molar-refractivity contribution is 5.87. The molecule has 2 aromatic rings. The molecule has 17 heavy (non-hydrogen) atoms. The summed E-state index contributed by atoms with van der Waals surface area (Å²) in [5.41, 5.74) is 1.58. The molecule has 2 rings (SSSR count). The van der Waals surface area contributed by atoms with Crippen molar-refractivity contribution in [2.24, 2.45) is 0 Å². The van der Waals surface area contributed by atoms with Crippen molar-refractivity contribution in [2.45, 2.75) is 6.54 Å². The summed E-state index contributed by atoms with van der Waals surface area (Å²) >= 11 is 0. The van der Waals surface area contributed by atoms with Crippen molar-refractivity contribution in [3.05, 3.63) is 54.1 Å². The van der Waals surface area contributed by atoms with E-state index in [1.165, 1.54) is 13.3 Å². The fourth-order valence-corrected chi connectivity index (χ4v) is 1.50. The first-order chi connectivity index (χ1) is 7.81. The van der Waals surface area contributed by atoms with Crippen LogP contribution in [0, 0.1) is 0 Å². The largest absolute Gasteiger partial charge is 0.464 e. The van der Waals surface area contributed by atoms with E-state index < -0.39 is 0 Å². The maximum atomic E-state index is 11.4. The number of nitrogens with zero attached hydrogens (tertiary/aromatic N) is 2. The van der Waals surface area contributed by atoms with Gasteiger partial charge in [-0.15, -0.1) is 12.4 Å². The number of hydrogen-bond acceptors (Lipinski definition) is 3. The van der Waals surface area contributed by atoms with Gasteiger partial charge in [0, 0.05) is 6.54 Å². The molecule has 0 aliphatic carbocycles. The van der Waals surface area contributed by atoms with Crippen LogP contribution in [0.4, 0.5) is 0 Å². The lowest BCUT2D eigenvalue weighted by molar-refractivity contribution is 0.0589. The Hall–Kier alpha value is -1.81. The van der Waals surface area contributed by atoms with Gasteiger partial charge in [-0.3, -0.25) is 0 Å². The lowest BCUT2D eigenvalue weighted by atomic mass is 10.2. The Bertz CT molecular complexity index is 482. The molecule has 0 bridgehead atoms. The average molecular weight is 253 g/mol. The van der Waals surface area contributed by atoms with Crippen molar-refractivity contribution in [3.8, 4) is 0 Å². The topological polar surface area (TPSA) is 44.1 Å². The summed E-state index contributed by atoms with van der Waals surface area (Å²) in [4.78, 5) is 15.4. The van der Waals surface area contributed by atoms with Gasteiger partial charge in [-0.1, -0.05) is 30.3 Å².